The first kappa shape index (κ1) is 14.8. The van der Waals surface area contributed by atoms with Gasteiger partial charge in [0.15, 0.2) is 4.67 Å². The third kappa shape index (κ3) is 3.47. The number of nitrogens with one attached hydrogen (secondary N) is 1. The SMILES string of the molecule is NS(=O)(=O)c1cccc(CNC(=O)c2ccoc2Br)c1. The maximum Gasteiger partial charge on any atom is 0.256 e. The van der Waals surface area contributed by atoms with Gasteiger partial charge in [-0.25, -0.2) is 13.6 Å². The van der Waals surface area contributed by atoms with Crippen LogP contribution in [0, 0.1) is 0 Å². The lowest BCUT2D eigenvalue weighted by molar-refractivity contribution is 0.0949. The van der Waals surface area contributed by atoms with E-state index in [1.165, 1.54) is 24.5 Å². The normalized spacial score (nSPS) is 11.3. The predicted molar refractivity (Wildman–Crippen MR) is 75.4 cm³/mol. The molecule has 2 rings (SSSR count). The Labute approximate surface area is 124 Å². The molecule has 0 aliphatic rings. The van der Waals surface area contributed by atoms with Crippen molar-refractivity contribution >= 4 is 31.9 Å². The Bertz CT molecular complexity index is 739. The highest BCUT2D eigenvalue weighted by Gasteiger charge is 2.13. The lowest BCUT2D eigenvalue weighted by Gasteiger charge is -2.06. The Morgan fingerprint density at radius 2 is 2.10 bits per heavy atom. The van der Waals surface area contributed by atoms with Gasteiger partial charge in [-0.05, 0) is 39.7 Å². The van der Waals surface area contributed by atoms with Gasteiger partial charge in [0.05, 0.1) is 16.7 Å². The van der Waals surface area contributed by atoms with E-state index >= 15 is 0 Å². The van der Waals surface area contributed by atoms with Crippen molar-refractivity contribution in [2.45, 2.75) is 11.4 Å². The predicted octanol–water partition coefficient (Wildman–Crippen LogP) is 1.62. The van der Waals surface area contributed by atoms with Gasteiger partial charge in [-0.1, -0.05) is 12.1 Å². The molecule has 0 saturated carbocycles. The second-order valence-corrected chi connectivity index (χ2v) is 6.26. The second kappa shape index (κ2) is 5.78. The summed E-state index contributed by atoms with van der Waals surface area (Å²) in [6.45, 7) is 0.180. The van der Waals surface area contributed by atoms with Gasteiger partial charge in [-0.3, -0.25) is 4.79 Å². The van der Waals surface area contributed by atoms with Crippen LogP contribution in [-0.2, 0) is 16.6 Å². The third-order valence-electron chi connectivity index (χ3n) is 2.54. The molecule has 20 heavy (non-hydrogen) atoms. The van der Waals surface area contributed by atoms with Crippen molar-refractivity contribution in [1.82, 2.24) is 5.32 Å². The zero-order valence-corrected chi connectivity index (χ0v) is 12.6. The highest BCUT2D eigenvalue weighted by molar-refractivity contribution is 9.10. The number of rotatable bonds is 4. The Morgan fingerprint density at radius 3 is 2.70 bits per heavy atom. The number of hydrogen-bond donors (Lipinski definition) is 2. The smallest absolute Gasteiger partial charge is 0.256 e. The fourth-order valence-corrected chi connectivity index (χ4v) is 2.57. The van der Waals surface area contributed by atoms with Crippen LogP contribution in [0.4, 0.5) is 0 Å². The number of carbonyl (C=O) groups is 1. The number of primary sulfonamides is 1. The molecule has 1 aromatic carbocycles. The number of amides is 1. The van der Waals surface area contributed by atoms with E-state index in [4.69, 9.17) is 9.56 Å². The molecule has 6 nitrogen and oxygen atoms in total. The lowest BCUT2D eigenvalue weighted by Crippen LogP contribution is -2.23. The summed E-state index contributed by atoms with van der Waals surface area (Å²) < 4.78 is 27.8. The number of hydrogen-bond acceptors (Lipinski definition) is 4. The van der Waals surface area contributed by atoms with E-state index in [2.05, 4.69) is 21.2 Å². The van der Waals surface area contributed by atoms with Gasteiger partial charge in [0.2, 0.25) is 10.0 Å². The summed E-state index contributed by atoms with van der Waals surface area (Å²) in [5.74, 6) is -0.327. The molecule has 0 radical (unpaired) electrons. The molecule has 0 saturated heterocycles. The summed E-state index contributed by atoms with van der Waals surface area (Å²) in [7, 11) is -3.75. The van der Waals surface area contributed by atoms with E-state index in [9.17, 15) is 13.2 Å². The summed E-state index contributed by atoms with van der Waals surface area (Å²) in [4.78, 5) is 11.8. The minimum absolute atomic E-state index is 0.00809. The van der Waals surface area contributed by atoms with Crippen LogP contribution in [0.25, 0.3) is 0 Å². The number of furan rings is 1. The van der Waals surface area contributed by atoms with Crippen molar-refractivity contribution < 1.29 is 17.6 Å². The molecule has 1 aromatic heterocycles. The molecule has 1 amide bonds. The molecule has 2 aromatic rings. The van der Waals surface area contributed by atoms with Gasteiger partial charge in [0.25, 0.3) is 5.91 Å². The van der Waals surface area contributed by atoms with Gasteiger partial charge < -0.3 is 9.73 Å². The van der Waals surface area contributed by atoms with E-state index in [1.54, 1.807) is 12.1 Å². The van der Waals surface area contributed by atoms with E-state index in [0.717, 1.165) is 0 Å². The molecule has 106 valence electrons. The van der Waals surface area contributed by atoms with Gasteiger partial charge >= 0.3 is 0 Å². The highest BCUT2D eigenvalue weighted by atomic mass is 79.9. The first-order valence-corrected chi connectivity index (χ1v) is 7.85. The highest BCUT2D eigenvalue weighted by Crippen LogP contribution is 2.17. The average Bonchev–Trinajstić information content (AvgIpc) is 2.82. The van der Waals surface area contributed by atoms with Crippen LogP contribution in [0.1, 0.15) is 15.9 Å². The van der Waals surface area contributed by atoms with Gasteiger partial charge in [0.1, 0.15) is 0 Å². The van der Waals surface area contributed by atoms with E-state index in [0.29, 0.717) is 15.8 Å². The van der Waals surface area contributed by atoms with Crippen molar-refractivity contribution in [3.8, 4) is 0 Å². The molecule has 0 fully saturated rings. The monoisotopic (exact) mass is 358 g/mol. The Hall–Kier alpha value is -1.64. The van der Waals surface area contributed by atoms with E-state index in [-0.39, 0.29) is 17.3 Å². The maximum absolute atomic E-state index is 11.8. The second-order valence-electron chi connectivity index (χ2n) is 3.98. The summed E-state index contributed by atoms with van der Waals surface area (Å²) in [6, 6.07) is 7.60. The molecule has 3 N–H and O–H groups in total. The fraction of sp³-hybridized carbons (Fsp3) is 0.0833. The number of halogens is 1. The summed E-state index contributed by atoms with van der Waals surface area (Å²) >= 11 is 3.11. The maximum atomic E-state index is 11.8. The quantitative estimate of drug-likeness (QED) is 0.866. The van der Waals surface area contributed by atoms with Gasteiger partial charge in [-0.2, -0.15) is 0 Å². The Balaban J connectivity index is 2.09. The standard InChI is InChI=1S/C12H11BrN2O4S/c13-11-10(4-5-19-11)12(16)15-7-8-2-1-3-9(6-8)20(14,17)18/h1-6H,7H2,(H,15,16)(H2,14,17,18). The molecule has 1 heterocycles. The van der Waals surface area contributed by atoms with Crippen LogP contribution in [0.5, 0.6) is 0 Å². The minimum Gasteiger partial charge on any atom is -0.457 e. The number of benzene rings is 1. The fourth-order valence-electron chi connectivity index (χ4n) is 1.57. The van der Waals surface area contributed by atoms with Crippen LogP contribution in [0.2, 0.25) is 0 Å². The van der Waals surface area contributed by atoms with Crippen LogP contribution >= 0.6 is 15.9 Å². The van der Waals surface area contributed by atoms with Crippen molar-refractivity contribution in [3.63, 3.8) is 0 Å². The largest absolute Gasteiger partial charge is 0.457 e. The minimum atomic E-state index is -3.75. The molecular formula is C12H11BrN2O4S. The molecule has 0 aliphatic heterocycles. The number of carbonyl (C=O) groups excluding carboxylic acids is 1. The van der Waals surface area contributed by atoms with Crippen LogP contribution in [-0.4, -0.2) is 14.3 Å². The number of sulfonamides is 1. The van der Waals surface area contributed by atoms with E-state index < -0.39 is 10.0 Å². The first-order chi connectivity index (χ1) is 9.38. The zero-order valence-electron chi connectivity index (χ0n) is 10.2. The molecule has 0 atom stereocenters. The number of nitrogens with two attached hydrogens (primary N) is 1. The lowest BCUT2D eigenvalue weighted by atomic mass is 10.2. The van der Waals surface area contributed by atoms with Crippen LogP contribution in [0.15, 0.2) is 50.6 Å². The summed E-state index contributed by atoms with van der Waals surface area (Å²) in [5, 5.41) is 7.70. The van der Waals surface area contributed by atoms with Crippen molar-refractivity contribution in [1.29, 1.82) is 0 Å². The first-order valence-electron chi connectivity index (χ1n) is 5.51. The van der Waals surface area contributed by atoms with Crippen molar-refractivity contribution in [3.05, 3.63) is 52.4 Å². The Kier molecular flexibility index (Phi) is 4.26. The topological polar surface area (TPSA) is 102 Å². The third-order valence-corrected chi connectivity index (χ3v) is 4.07. The van der Waals surface area contributed by atoms with Gasteiger partial charge in [0, 0.05) is 6.54 Å². The van der Waals surface area contributed by atoms with E-state index in [1.807, 2.05) is 0 Å². The average molecular weight is 359 g/mol. The molecular weight excluding hydrogens is 348 g/mol. The zero-order chi connectivity index (χ0) is 14.8. The molecule has 0 spiro atoms. The van der Waals surface area contributed by atoms with Crippen LogP contribution < -0.4 is 10.5 Å². The van der Waals surface area contributed by atoms with Gasteiger partial charge in [-0.15, -0.1) is 0 Å². The molecule has 0 aliphatic carbocycles. The van der Waals surface area contributed by atoms with Crippen molar-refractivity contribution in [2.24, 2.45) is 5.14 Å². The van der Waals surface area contributed by atoms with Crippen molar-refractivity contribution in [2.75, 3.05) is 0 Å². The Morgan fingerprint density at radius 1 is 1.35 bits per heavy atom. The molecule has 0 unspecified atom stereocenters. The summed E-state index contributed by atoms with van der Waals surface area (Å²) in [5.41, 5.74) is 0.997. The molecule has 8 heteroatoms. The van der Waals surface area contributed by atoms with Crippen LogP contribution in [0.3, 0.4) is 0 Å². The summed E-state index contributed by atoms with van der Waals surface area (Å²) in [6.07, 6.45) is 1.39. The molecule has 0 bridgehead atoms.